The molecule has 13 heteroatoms. The molecule has 0 radical (unpaired) electrons. The number of hydrogen-bond acceptors (Lipinski definition) is 7. The van der Waals surface area contributed by atoms with Crippen LogP contribution in [0.5, 0.6) is 5.88 Å². The largest absolute Gasteiger partial charge is 0.534 e. The smallest absolute Gasteiger partial charge is 0.478 e. The molecule has 1 aliphatic rings. The fraction of sp³-hybridized carbons (Fsp3) is 0.211. The summed E-state index contributed by atoms with van der Waals surface area (Å²) in [6.45, 7) is 0.150. The summed E-state index contributed by atoms with van der Waals surface area (Å²) in [6.07, 6.45) is 1.05. The first-order chi connectivity index (χ1) is 15.0. The Kier molecular flexibility index (Phi) is 5.15. The minimum Gasteiger partial charge on any atom is -0.478 e. The van der Waals surface area contributed by atoms with Crippen LogP contribution in [0.3, 0.4) is 0 Å². The van der Waals surface area contributed by atoms with Gasteiger partial charge in [-0.25, -0.2) is 19.2 Å². The fourth-order valence-corrected chi connectivity index (χ4v) is 3.73. The van der Waals surface area contributed by atoms with E-state index in [2.05, 4.69) is 14.2 Å². The summed E-state index contributed by atoms with van der Waals surface area (Å²) in [6, 6.07) is 7.28. The van der Waals surface area contributed by atoms with Crippen molar-refractivity contribution in [2.45, 2.75) is 18.3 Å². The predicted octanol–water partition coefficient (Wildman–Crippen LogP) is 3.78. The summed E-state index contributed by atoms with van der Waals surface area (Å²) in [5.74, 6) is -3.28. The van der Waals surface area contributed by atoms with Crippen molar-refractivity contribution in [3.05, 3.63) is 53.3 Å². The Morgan fingerprint density at radius 3 is 2.53 bits per heavy atom. The van der Waals surface area contributed by atoms with Gasteiger partial charge in [0.05, 0.1) is 16.6 Å². The second kappa shape index (κ2) is 7.58. The van der Waals surface area contributed by atoms with E-state index in [4.69, 9.17) is 0 Å². The van der Waals surface area contributed by atoms with Gasteiger partial charge in [-0.3, -0.25) is 0 Å². The van der Waals surface area contributed by atoms with E-state index in [9.17, 15) is 35.9 Å². The topological polar surface area (TPSA) is 110 Å². The lowest BCUT2D eigenvalue weighted by Gasteiger charge is -2.31. The summed E-state index contributed by atoms with van der Waals surface area (Å²) in [5.41, 5.74) is -5.10. The van der Waals surface area contributed by atoms with Crippen molar-refractivity contribution >= 4 is 38.6 Å². The lowest BCUT2D eigenvalue weighted by Crippen LogP contribution is -2.31. The molecule has 8 nitrogen and oxygen atoms in total. The van der Waals surface area contributed by atoms with Gasteiger partial charge in [-0.05, 0) is 48.7 Å². The fourth-order valence-electron chi connectivity index (χ4n) is 3.31. The molecule has 32 heavy (non-hydrogen) atoms. The second-order valence-electron chi connectivity index (χ2n) is 6.87. The molecule has 3 aromatic rings. The molecule has 0 saturated carbocycles. The van der Waals surface area contributed by atoms with Crippen LogP contribution in [-0.4, -0.2) is 41.5 Å². The maximum atomic E-state index is 13.9. The van der Waals surface area contributed by atoms with Gasteiger partial charge in [0.2, 0.25) is 0 Å². The number of anilines is 2. The van der Waals surface area contributed by atoms with Crippen molar-refractivity contribution < 1.29 is 40.1 Å². The zero-order valence-corrected chi connectivity index (χ0v) is 16.7. The van der Waals surface area contributed by atoms with Crippen LogP contribution in [0.25, 0.3) is 11.0 Å². The molecule has 1 N–H and O–H groups in total. The Bertz CT molecular complexity index is 1340. The lowest BCUT2D eigenvalue weighted by molar-refractivity contribution is -0.0501. The monoisotopic (exact) mass is 471 g/mol. The first kappa shape index (κ1) is 21.7. The van der Waals surface area contributed by atoms with Crippen LogP contribution in [0, 0.1) is 5.82 Å². The molecule has 0 spiro atoms. The summed E-state index contributed by atoms with van der Waals surface area (Å²) in [4.78, 5) is 20.6. The van der Waals surface area contributed by atoms with Gasteiger partial charge in [0, 0.05) is 12.2 Å². The molecule has 0 bridgehead atoms. The number of aromatic carboxylic acids is 1. The van der Waals surface area contributed by atoms with Crippen LogP contribution < -0.4 is 9.08 Å². The van der Waals surface area contributed by atoms with E-state index in [0.717, 1.165) is 24.3 Å². The van der Waals surface area contributed by atoms with Gasteiger partial charge in [-0.2, -0.15) is 21.6 Å². The van der Waals surface area contributed by atoms with Crippen molar-refractivity contribution in [2.75, 3.05) is 11.4 Å². The lowest BCUT2D eigenvalue weighted by atomic mass is 10.0. The molecule has 0 saturated heterocycles. The standard InChI is InChI=1S/C19H13F4N3O5S/c20-12-5-3-10-2-1-7-26(15(10)9-12)16-17(31-32(29,30)19(21,22)23)25-13-6-4-11(18(27)28)8-14(13)24-16/h3-6,8-9H,1-2,7H2,(H,27,28). The number of alkyl halides is 3. The second-order valence-corrected chi connectivity index (χ2v) is 8.41. The summed E-state index contributed by atoms with van der Waals surface area (Å²) >= 11 is 0. The maximum absolute atomic E-state index is 13.9. The van der Waals surface area contributed by atoms with Gasteiger partial charge < -0.3 is 14.2 Å². The number of carboxylic acids is 1. The molecule has 2 aromatic carbocycles. The third-order valence-corrected chi connectivity index (χ3v) is 5.70. The van der Waals surface area contributed by atoms with E-state index in [0.29, 0.717) is 18.4 Å². The molecule has 0 fully saturated rings. The van der Waals surface area contributed by atoms with Crippen LogP contribution in [0.15, 0.2) is 36.4 Å². The number of rotatable bonds is 4. The number of carbonyl (C=O) groups is 1. The number of carboxylic acid groups (broad SMARTS) is 1. The molecule has 0 unspecified atom stereocenters. The minimum atomic E-state index is -6.09. The highest BCUT2D eigenvalue weighted by Crippen LogP contribution is 2.39. The molecule has 4 rings (SSSR count). The molecule has 0 atom stereocenters. The number of aromatic nitrogens is 2. The first-order valence-electron chi connectivity index (χ1n) is 9.08. The van der Waals surface area contributed by atoms with Gasteiger partial charge in [-0.15, -0.1) is 0 Å². The third kappa shape index (κ3) is 3.90. The molecule has 168 valence electrons. The predicted molar refractivity (Wildman–Crippen MR) is 104 cm³/mol. The van der Waals surface area contributed by atoms with Crippen molar-refractivity contribution in [3.8, 4) is 5.88 Å². The SMILES string of the molecule is O=C(O)c1ccc2nc(OS(=O)(=O)C(F)(F)F)c(N3CCCc4ccc(F)cc43)nc2c1. The van der Waals surface area contributed by atoms with Gasteiger partial charge >= 0.3 is 21.6 Å². The molecule has 0 amide bonds. The Balaban J connectivity index is 1.95. The zero-order chi connectivity index (χ0) is 23.3. The van der Waals surface area contributed by atoms with Crippen molar-refractivity contribution in [3.63, 3.8) is 0 Å². The number of benzene rings is 2. The highest BCUT2D eigenvalue weighted by atomic mass is 32.2. The highest BCUT2D eigenvalue weighted by Gasteiger charge is 2.49. The van der Waals surface area contributed by atoms with E-state index in [1.807, 2.05) is 0 Å². The molecular formula is C19H13F4N3O5S. The normalized spacial score (nSPS) is 14.3. The summed E-state index contributed by atoms with van der Waals surface area (Å²) in [5, 5.41) is 9.19. The van der Waals surface area contributed by atoms with E-state index >= 15 is 0 Å². The molecular weight excluding hydrogens is 458 g/mol. The van der Waals surface area contributed by atoms with Crippen LogP contribution in [0.2, 0.25) is 0 Å². The number of fused-ring (bicyclic) bond motifs is 2. The number of nitrogens with zero attached hydrogens (tertiary/aromatic N) is 3. The molecule has 1 aromatic heterocycles. The minimum absolute atomic E-state index is 0.0276. The quantitative estimate of drug-likeness (QED) is 0.348. The molecule has 2 heterocycles. The van der Waals surface area contributed by atoms with Gasteiger partial charge in [0.1, 0.15) is 5.82 Å². The maximum Gasteiger partial charge on any atom is 0.534 e. The molecule has 1 aliphatic heterocycles. The number of hydrogen-bond donors (Lipinski definition) is 1. The van der Waals surface area contributed by atoms with Gasteiger partial charge in [0.15, 0.2) is 5.82 Å². The average molecular weight is 471 g/mol. The Morgan fingerprint density at radius 2 is 1.84 bits per heavy atom. The van der Waals surface area contributed by atoms with E-state index < -0.39 is 39.1 Å². The summed E-state index contributed by atoms with van der Waals surface area (Å²) in [7, 11) is -6.09. The zero-order valence-electron chi connectivity index (χ0n) is 15.9. The van der Waals surface area contributed by atoms with Crippen molar-refractivity contribution in [1.29, 1.82) is 0 Å². The van der Waals surface area contributed by atoms with Crippen LogP contribution in [-0.2, 0) is 16.5 Å². The Hall–Kier alpha value is -3.48. The van der Waals surface area contributed by atoms with E-state index in [-0.39, 0.29) is 28.8 Å². The first-order valence-corrected chi connectivity index (χ1v) is 10.5. The average Bonchev–Trinajstić information content (AvgIpc) is 2.71. The Morgan fingerprint density at radius 1 is 1.09 bits per heavy atom. The molecule has 0 aliphatic carbocycles. The Labute approximate surface area is 178 Å². The van der Waals surface area contributed by atoms with Crippen molar-refractivity contribution in [1.82, 2.24) is 9.97 Å². The van der Waals surface area contributed by atoms with Gasteiger partial charge in [0.25, 0.3) is 5.88 Å². The van der Waals surface area contributed by atoms with Gasteiger partial charge in [-0.1, -0.05) is 6.07 Å². The van der Waals surface area contributed by atoms with Crippen LogP contribution in [0.1, 0.15) is 22.3 Å². The van der Waals surface area contributed by atoms with Crippen molar-refractivity contribution in [2.24, 2.45) is 0 Å². The van der Waals surface area contributed by atoms with E-state index in [1.54, 1.807) is 0 Å². The number of aryl methyl sites for hydroxylation is 1. The third-order valence-electron chi connectivity index (χ3n) is 4.76. The van der Waals surface area contributed by atoms with E-state index in [1.165, 1.54) is 17.0 Å². The van der Waals surface area contributed by atoms with Crippen LogP contribution >= 0.6 is 0 Å². The highest BCUT2D eigenvalue weighted by molar-refractivity contribution is 7.88. The number of halogens is 4. The van der Waals surface area contributed by atoms with Crippen LogP contribution in [0.4, 0.5) is 29.1 Å². The summed E-state index contributed by atoms with van der Waals surface area (Å²) < 4.78 is 80.4.